The van der Waals surface area contributed by atoms with E-state index in [1.54, 1.807) is 30.3 Å². The van der Waals surface area contributed by atoms with Crippen LogP contribution in [0.3, 0.4) is 0 Å². The fourth-order valence-electron chi connectivity index (χ4n) is 3.14. The topological polar surface area (TPSA) is 82.6 Å². The molecule has 9 heteroatoms. The number of amides is 1. The Morgan fingerprint density at radius 2 is 1.83 bits per heavy atom. The molecule has 1 aliphatic heterocycles. The summed E-state index contributed by atoms with van der Waals surface area (Å²) >= 11 is 6.32. The Morgan fingerprint density at radius 1 is 1.17 bits per heavy atom. The Kier molecular flexibility index (Phi) is 6.77. The molecular formula is C20H25ClN4O3S. The van der Waals surface area contributed by atoms with Gasteiger partial charge < -0.3 is 10.2 Å². The lowest BCUT2D eigenvalue weighted by Crippen LogP contribution is -2.35. The molecule has 1 amide bonds. The van der Waals surface area contributed by atoms with E-state index in [-0.39, 0.29) is 10.8 Å². The smallest absolute Gasteiger partial charge is 0.255 e. The predicted octanol–water partition coefficient (Wildman–Crippen LogP) is 3.22. The van der Waals surface area contributed by atoms with Gasteiger partial charge in [-0.2, -0.15) is 0 Å². The van der Waals surface area contributed by atoms with Gasteiger partial charge in [-0.3, -0.25) is 4.79 Å². The minimum atomic E-state index is -3.45. The number of rotatable bonds is 6. The Balaban J connectivity index is 1.64. The number of piperidine rings is 1. The lowest BCUT2D eigenvalue weighted by atomic mass is 10.1. The molecule has 1 aromatic heterocycles. The first-order valence-corrected chi connectivity index (χ1v) is 11.3. The lowest BCUT2D eigenvalue weighted by Gasteiger charge is -2.26. The van der Waals surface area contributed by atoms with Gasteiger partial charge in [0.1, 0.15) is 5.82 Å². The molecule has 1 N–H and O–H groups in total. The number of hydrogen-bond acceptors (Lipinski definition) is 5. The van der Waals surface area contributed by atoms with Gasteiger partial charge >= 0.3 is 0 Å². The largest absolute Gasteiger partial charge is 0.365 e. The minimum absolute atomic E-state index is 0.0386. The molecule has 0 saturated carbocycles. The molecule has 0 bridgehead atoms. The van der Waals surface area contributed by atoms with Crippen molar-refractivity contribution in [2.45, 2.75) is 30.7 Å². The molecular weight excluding hydrogens is 412 g/mol. The monoisotopic (exact) mass is 436 g/mol. The second-order valence-corrected chi connectivity index (χ2v) is 9.75. The number of sulfonamides is 1. The number of hydrogen-bond donors (Lipinski definition) is 1. The third kappa shape index (κ3) is 5.07. The Morgan fingerprint density at radius 3 is 2.41 bits per heavy atom. The minimum Gasteiger partial charge on any atom is -0.365 e. The number of carbonyl (C=O) groups is 1. The summed E-state index contributed by atoms with van der Waals surface area (Å²) in [6.45, 7) is 1.97. The highest BCUT2D eigenvalue weighted by atomic mass is 35.5. The van der Waals surface area contributed by atoms with E-state index in [1.165, 1.54) is 24.6 Å². The van der Waals surface area contributed by atoms with Crippen molar-refractivity contribution in [3.05, 3.63) is 52.7 Å². The first kappa shape index (κ1) is 21.5. The van der Waals surface area contributed by atoms with Crippen LogP contribution in [0.4, 0.5) is 5.82 Å². The van der Waals surface area contributed by atoms with Gasteiger partial charge in [0, 0.05) is 39.9 Å². The molecule has 156 valence electrons. The van der Waals surface area contributed by atoms with Gasteiger partial charge in [0.2, 0.25) is 10.0 Å². The van der Waals surface area contributed by atoms with Crippen LogP contribution < -0.4 is 5.32 Å². The van der Waals surface area contributed by atoms with Crippen molar-refractivity contribution in [2.75, 3.05) is 32.5 Å². The number of pyridine rings is 1. The van der Waals surface area contributed by atoms with Crippen LogP contribution in [0.1, 0.15) is 35.2 Å². The molecule has 1 fully saturated rings. The highest BCUT2D eigenvalue weighted by molar-refractivity contribution is 7.89. The van der Waals surface area contributed by atoms with Crippen molar-refractivity contribution in [1.82, 2.24) is 14.2 Å². The molecule has 0 aliphatic carbocycles. The maximum atomic E-state index is 12.6. The summed E-state index contributed by atoms with van der Waals surface area (Å²) < 4.78 is 25.4. The first-order valence-electron chi connectivity index (χ1n) is 9.49. The van der Waals surface area contributed by atoms with Gasteiger partial charge in [0.05, 0.1) is 15.5 Å². The Hall–Kier alpha value is -2.16. The van der Waals surface area contributed by atoms with Crippen LogP contribution in [0.2, 0.25) is 5.02 Å². The van der Waals surface area contributed by atoms with Crippen LogP contribution in [0.5, 0.6) is 0 Å². The van der Waals surface area contributed by atoms with E-state index in [0.717, 1.165) is 37.9 Å². The summed E-state index contributed by atoms with van der Waals surface area (Å²) in [6, 6.07) is 8.27. The number of aromatic nitrogens is 1. The van der Waals surface area contributed by atoms with Crippen LogP contribution in [0.25, 0.3) is 0 Å². The molecule has 3 rings (SSSR count). The third-order valence-corrected chi connectivity index (χ3v) is 7.01. The summed E-state index contributed by atoms with van der Waals surface area (Å²) in [6.07, 6.45) is 4.76. The standard InChI is InChI=1S/C20H25ClN4O3S/c1-24(2)29(27,28)17-8-6-15(7-9-17)13-22-19-18(21)12-16(14-23-19)20(26)25-10-4-3-5-11-25/h6-9,12,14H,3-5,10-11,13H2,1-2H3,(H,22,23). The van der Waals surface area contributed by atoms with Crippen LogP contribution >= 0.6 is 11.6 Å². The zero-order chi connectivity index (χ0) is 21.0. The molecule has 7 nitrogen and oxygen atoms in total. The van der Waals surface area contributed by atoms with E-state index in [1.807, 2.05) is 4.90 Å². The normalized spacial score (nSPS) is 14.8. The van der Waals surface area contributed by atoms with Gasteiger partial charge in [-0.05, 0) is 43.0 Å². The summed E-state index contributed by atoms with van der Waals surface area (Å²) in [5.41, 5.74) is 1.37. The molecule has 29 heavy (non-hydrogen) atoms. The lowest BCUT2D eigenvalue weighted by molar-refractivity contribution is 0.0724. The molecule has 0 atom stereocenters. The molecule has 1 aromatic carbocycles. The number of carbonyl (C=O) groups excluding carboxylic acids is 1. The second-order valence-electron chi connectivity index (χ2n) is 7.19. The van der Waals surface area contributed by atoms with Gasteiger partial charge in [0.15, 0.2) is 0 Å². The predicted molar refractivity (Wildman–Crippen MR) is 114 cm³/mol. The summed E-state index contributed by atoms with van der Waals surface area (Å²) in [4.78, 5) is 18.9. The number of benzene rings is 1. The van der Waals surface area contributed by atoms with E-state index in [9.17, 15) is 13.2 Å². The van der Waals surface area contributed by atoms with Gasteiger partial charge in [-0.25, -0.2) is 17.7 Å². The van der Waals surface area contributed by atoms with Crippen LogP contribution in [0.15, 0.2) is 41.4 Å². The number of anilines is 1. The Bertz CT molecular complexity index is 972. The molecule has 0 unspecified atom stereocenters. The van der Waals surface area contributed by atoms with Gasteiger partial charge in [-0.15, -0.1) is 0 Å². The summed E-state index contributed by atoms with van der Waals surface area (Å²) in [5, 5.41) is 3.50. The van der Waals surface area contributed by atoms with Crippen LogP contribution in [0, 0.1) is 0 Å². The maximum absolute atomic E-state index is 12.6. The Labute approximate surface area is 176 Å². The summed E-state index contributed by atoms with van der Waals surface area (Å²) in [7, 11) is -0.450. The molecule has 0 radical (unpaired) electrons. The van der Waals surface area contributed by atoms with Crippen molar-refractivity contribution in [3.8, 4) is 0 Å². The fraction of sp³-hybridized carbons (Fsp3) is 0.400. The van der Waals surface area contributed by atoms with Crippen molar-refractivity contribution < 1.29 is 13.2 Å². The van der Waals surface area contributed by atoms with Gasteiger partial charge in [-0.1, -0.05) is 23.7 Å². The average Bonchev–Trinajstić information content (AvgIpc) is 2.73. The summed E-state index contributed by atoms with van der Waals surface area (Å²) in [5.74, 6) is 0.440. The highest BCUT2D eigenvalue weighted by Crippen LogP contribution is 2.23. The number of likely N-dealkylation sites (tertiary alicyclic amines) is 1. The van der Waals surface area contributed by atoms with E-state index in [4.69, 9.17) is 11.6 Å². The molecule has 2 heterocycles. The maximum Gasteiger partial charge on any atom is 0.255 e. The number of nitrogens with one attached hydrogen (secondary N) is 1. The van der Waals surface area contributed by atoms with E-state index < -0.39 is 10.0 Å². The van der Waals surface area contributed by atoms with Crippen molar-refractivity contribution in [3.63, 3.8) is 0 Å². The third-order valence-electron chi connectivity index (χ3n) is 4.89. The van der Waals surface area contributed by atoms with Crippen LogP contribution in [-0.4, -0.2) is 55.7 Å². The molecule has 1 saturated heterocycles. The molecule has 1 aliphatic rings. The zero-order valence-corrected chi connectivity index (χ0v) is 18.1. The SMILES string of the molecule is CN(C)S(=O)(=O)c1ccc(CNc2ncc(C(=O)N3CCCCC3)cc2Cl)cc1. The number of nitrogens with zero attached hydrogens (tertiary/aromatic N) is 3. The average molecular weight is 437 g/mol. The second kappa shape index (κ2) is 9.11. The van der Waals surface area contributed by atoms with E-state index in [0.29, 0.717) is 22.9 Å². The first-order chi connectivity index (χ1) is 13.8. The number of halogens is 1. The van der Waals surface area contributed by atoms with Gasteiger partial charge in [0.25, 0.3) is 5.91 Å². The quantitative estimate of drug-likeness (QED) is 0.751. The van der Waals surface area contributed by atoms with Crippen molar-refractivity contribution in [2.24, 2.45) is 0 Å². The van der Waals surface area contributed by atoms with E-state index in [2.05, 4.69) is 10.3 Å². The fourth-order valence-corrected chi connectivity index (χ4v) is 4.28. The van der Waals surface area contributed by atoms with Crippen molar-refractivity contribution in [1.29, 1.82) is 0 Å². The molecule has 0 spiro atoms. The highest BCUT2D eigenvalue weighted by Gasteiger charge is 2.20. The molecule has 2 aromatic rings. The zero-order valence-electron chi connectivity index (χ0n) is 16.6. The van der Waals surface area contributed by atoms with E-state index >= 15 is 0 Å². The van der Waals surface area contributed by atoms with Crippen LogP contribution in [-0.2, 0) is 16.6 Å². The van der Waals surface area contributed by atoms with Crippen molar-refractivity contribution >= 4 is 33.3 Å².